The van der Waals surface area contributed by atoms with Crippen molar-refractivity contribution in [2.75, 3.05) is 19.7 Å². The lowest BCUT2D eigenvalue weighted by molar-refractivity contribution is -0.127. The van der Waals surface area contributed by atoms with E-state index in [1.54, 1.807) is 24.3 Å². The molecule has 0 aromatic heterocycles. The number of hydrogen-bond acceptors (Lipinski definition) is 5. The Morgan fingerprint density at radius 1 is 0.973 bits per heavy atom. The topological polar surface area (TPSA) is 138 Å². The van der Waals surface area contributed by atoms with Crippen molar-refractivity contribution in [3.63, 3.8) is 0 Å². The number of amidine groups is 1. The number of nitrogens with two attached hydrogens (primary N) is 1. The van der Waals surface area contributed by atoms with Crippen LogP contribution in [0.4, 0.5) is 9.59 Å². The standard InChI is InChI=1S/C28H27N5O4/c29-25(30)18-11-9-17(10-12-18)15-24-26(34)33(27(35)32-24)14-13-31-28(36)37-16-23-21-7-3-1-5-19(21)20-6-2-4-8-22(20)23/h1-12,23-24H,13-16H2,(H3,29,30)(H,31,36)(H,32,35). The maximum absolute atomic E-state index is 12.7. The van der Waals surface area contributed by atoms with E-state index in [1.807, 2.05) is 36.4 Å². The van der Waals surface area contributed by atoms with Gasteiger partial charge in [-0.25, -0.2) is 9.59 Å². The lowest BCUT2D eigenvalue weighted by Gasteiger charge is -2.16. The predicted molar refractivity (Wildman–Crippen MR) is 138 cm³/mol. The Balaban J connectivity index is 1.11. The van der Waals surface area contributed by atoms with Crippen molar-refractivity contribution >= 4 is 23.9 Å². The molecule has 188 valence electrons. The van der Waals surface area contributed by atoms with Gasteiger partial charge in [-0.3, -0.25) is 15.1 Å². The van der Waals surface area contributed by atoms with Gasteiger partial charge in [-0.2, -0.15) is 0 Å². The fraction of sp³-hybridized carbons (Fsp3) is 0.214. The van der Waals surface area contributed by atoms with E-state index in [2.05, 4.69) is 22.8 Å². The molecule has 1 aliphatic carbocycles. The van der Waals surface area contributed by atoms with E-state index in [9.17, 15) is 14.4 Å². The van der Waals surface area contributed by atoms with Crippen LogP contribution in [0.2, 0.25) is 0 Å². The summed E-state index contributed by atoms with van der Waals surface area (Å²) in [5.74, 6) is -0.434. The number of fused-ring (bicyclic) bond motifs is 3. The number of benzene rings is 3. The van der Waals surface area contributed by atoms with Gasteiger partial charge in [0.25, 0.3) is 5.91 Å². The third-order valence-electron chi connectivity index (χ3n) is 6.76. The van der Waals surface area contributed by atoms with Crippen molar-refractivity contribution in [2.45, 2.75) is 18.4 Å². The summed E-state index contributed by atoms with van der Waals surface area (Å²) >= 11 is 0. The molecular weight excluding hydrogens is 470 g/mol. The van der Waals surface area contributed by atoms with Crippen LogP contribution in [0.3, 0.4) is 0 Å². The van der Waals surface area contributed by atoms with Gasteiger partial charge in [0.1, 0.15) is 18.5 Å². The maximum atomic E-state index is 12.7. The van der Waals surface area contributed by atoms with Crippen molar-refractivity contribution in [3.05, 3.63) is 95.1 Å². The first-order valence-electron chi connectivity index (χ1n) is 12.1. The average molecular weight is 498 g/mol. The van der Waals surface area contributed by atoms with E-state index in [0.29, 0.717) is 12.0 Å². The Morgan fingerprint density at radius 2 is 1.59 bits per heavy atom. The molecule has 0 radical (unpaired) electrons. The first-order chi connectivity index (χ1) is 17.9. The number of alkyl carbamates (subject to hydrolysis) is 1. The molecule has 4 amide bonds. The van der Waals surface area contributed by atoms with Gasteiger partial charge in [0, 0.05) is 31.0 Å². The summed E-state index contributed by atoms with van der Waals surface area (Å²) in [6.45, 7) is 0.304. The van der Waals surface area contributed by atoms with Crippen LogP contribution in [0.1, 0.15) is 28.2 Å². The van der Waals surface area contributed by atoms with Gasteiger partial charge in [0.05, 0.1) is 0 Å². The number of carbonyl (C=O) groups excluding carboxylic acids is 3. The zero-order chi connectivity index (χ0) is 25.9. The summed E-state index contributed by atoms with van der Waals surface area (Å²) in [6, 6.07) is 22.0. The van der Waals surface area contributed by atoms with Crippen LogP contribution in [0.25, 0.3) is 11.1 Å². The van der Waals surface area contributed by atoms with Gasteiger partial charge in [-0.15, -0.1) is 0 Å². The van der Waals surface area contributed by atoms with E-state index in [1.165, 1.54) is 0 Å². The quantitative estimate of drug-likeness (QED) is 0.215. The predicted octanol–water partition coefficient (Wildman–Crippen LogP) is 2.97. The molecule has 3 aromatic carbocycles. The molecular formula is C28H27N5O4. The van der Waals surface area contributed by atoms with Gasteiger partial charge in [-0.05, 0) is 27.8 Å². The second kappa shape index (κ2) is 10.1. The molecule has 1 heterocycles. The highest BCUT2D eigenvalue weighted by Gasteiger charge is 2.37. The largest absolute Gasteiger partial charge is 0.449 e. The normalized spacial score (nSPS) is 16.2. The van der Waals surface area contributed by atoms with Crippen molar-refractivity contribution < 1.29 is 19.1 Å². The van der Waals surface area contributed by atoms with Gasteiger partial charge in [-0.1, -0.05) is 72.8 Å². The maximum Gasteiger partial charge on any atom is 0.407 e. The van der Waals surface area contributed by atoms with Crippen LogP contribution in [-0.2, 0) is 16.0 Å². The van der Waals surface area contributed by atoms with Gasteiger partial charge in [0.15, 0.2) is 0 Å². The molecule has 5 rings (SSSR count). The van der Waals surface area contributed by atoms with E-state index < -0.39 is 18.2 Å². The Morgan fingerprint density at radius 3 is 2.22 bits per heavy atom. The Bertz CT molecular complexity index is 1330. The molecule has 1 atom stereocenters. The fourth-order valence-corrected chi connectivity index (χ4v) is 4.90. The smallest absolute Gasteiger partial charge is 0.407 e. The summed E-state index contributed by atoms with van der Waals surface area (Å²) in [6.07, 6.45) is -0.282. The van der Waals surface area contributed by atoms with Crippen LogP contribution in [-0.4, -0.2) is 54.5 Å². The van der Waals surface area contributed by atoms with E-state index in [-0.39, 0.29) is 37.4 Å². The molecule has 0 bridgehead atoms. The minimum absolute atomic E-state index is 0.0353. The van der Waals surface area contributed by atoms with Crippen molar-refractivity contribution in [1.29, 1.82) is 5.41 Å². The number of nitrogens with zero attached hydrogens (tertiary/aromatic N) is 1. The fourth-order valence-electron chi connectivity index (χ4n) is 4.90. The molecule has 37 heavy (non-hydrogen) atoms. The molecule has 0 saturated carbocycles. The molecule has 5 N–H and O–H groups in total. The SMILES string of the molecule is N=C(N)c1ccc(CC2NC(=O)N(CCNC(=O)OCC3c4ccccc4-c4ccccc43)C2=O)cc1. The van der Waals surface area contributed by atoms with Gasteiger partial charge < -0.3 is 21.1 Å². The molecule has 1 aliphatic heterocycles. The van der Waals surface area contributed by atoms with Crippen molar-refractivity contribution in [1.82, 2.24) is 15.5 Å². The summed E-state index contributed by atoms with van der Waals surface area (Å²) in [4.78, 5) is 38.6. The zero-order valence-electron chi connectivity index (χ0n) is 20.1. The summed E-state index contributed by atoms with van der Waals surface area (Å²) in [7, 11) is 0. The molecule has 9 heteroatoms. The lowest BCUT2D eigenvalue weighted by Crippen LogP contribution is -2.39. The second-order valence-corrected chi connectivity index (χ2v) is 9.06. The highest BCUT2D eigenvalue weighted by atomic mass is 16.5. The van der Waals surface area contributed by atoms with Crippen molar-refractivity contribution in [3.8, 4) is 11.1 Å². The monoisotopic (exact) mass is 497 g/mol. The molecule has 1 fully saturated rings. The summed E-state index contributed by atoms with van der Waals surface area (Å²) < 4.78 is 5.51. The first kappa shape index (κ1) is 24.1. The Kier molecular flexibility index (Phi) is 6.59. The number of amides is 4. The second-order valence-electron chi connectivity index (χ2n) is 9.06. The average Bonchev–Trinajstić information content (AvgIpc) is 3.36. The Hall–Kier alpha value is -4.66. The molecule has 3 aromatic rings. The minimum atomic E-state index is -0.690. The number of urea groups is 1. The number of nitrogen functional groups attached to an aromatic ring is 1. The number of imide groups is 1. The molecule has 1 saturated heterocycles. The third-order valence-corrected chi connectivity index (χ3v) is 6.76. The van der Waals surface area contributed by atoms with Gasteiger partial charge >= 0.3 is 12.1 Å². The lowest BCUT2D eigenvalue weighted by atomic mass is 9.98. The van der Waals surface area contributed by atoms with Crippen LogP contribution in [0.15, 0.2) is 72.8 Å². The number of hydrogen-bond donors (Lipinski definition) is 4. The van der Waals surface area contributed by atoms with Crippen LogP contribution in [0, 0.1) is 5.41 Å². The molecule has 1 unspecified atom stereocenters. The highest BCUT2D eigenvalue weighted by Crippen LogP contribution is 2.44. The summed E-state index contributed by atoms with van der Waals surface area (Å²) in [5, 5.41) is 12.8. The number of ether oxygens (including phenoxy) is 1. The molecule has 2 aliphatic rings. The van der Waals surface area contributed by atoms with Crippen LogP contribution >= 0.6 is 0 Å². The van der Waals surface area contributed by atoms with E-state index in [0.717, 1.165) is 32.7 Å². The highest BCUT2D eigenvalue weighted by molar-refractivity contribution is 6.04. The Labute approximate surface area is 214 Å². The zero-order valence-corrected chi connectivity index (χ0v) is 20.1. The molecule has 0 spiro atoms. The summed E-state index contributed by atoms with van der Waals surface area (Å²) in [5.41, 5.74) is 11.4. The van der Waals surface area contributed by atoms with Crippen LogP contribution < -0.4 is 16.4 Å². The third kappa shape index (κ3) is 4.88. The number of rotatable bonds is 8. The minimum Gasteiger partial charge on any atom is -0.449 e. The molecule has 9 nitrogen and oxygen atoms in total. The van der Waals surface area contributed by atoms with E-state index >= 15 is 0 Å². The number of nitrogens with one attached hydrogen (secondary N) is 3. The van der Waals surface area contributed by atoms with Crippen molar-refractivity contribution in [2.24, 2.45) is 5.73 Å². The first-order valence-corrected chi connectivity index (χ1v) is 12.1. The van der Waals surface area contributed by atoms with E-state index in [4.69, 9.17) is 15.9 Å². The number of carbonyl (C=O) groups is 3. The van der Waals surface area contributed by atoms with Crippen LogP contribution in [0.5, 0.6) is 0 Å². The van der Waals surface area contributed by atoms with Gasteiger partial charge in [0.2, 0.25) is 0 Å².